The van der Waals surface area contributed by atoms with Gasteiger partial charge in [-0.1, -0.05) is 115 Å². The molecule has 206 valence electrons. The predicted octanol–water partition coefficient (Wildman–Crippen LogP) is 9.38. The minimum absolute atomic E-state index is 0.622. The first-order chi connectivity index (χ1) is 21.8. The number of imidazole rings is 1. The molecule has 44 heavy (non-hydrogen) atoms. The van der Waals surface area contributed by atoms with E-state index in [9.17, 15) is 0 Å². The summed E-state index contributed by atoms with van der Waals surface area (Å²) in [6.07, 6.45) is 2.08. The zero-order chi connectivity index (χ0) is 29.0. The highest BCUT2D eigenvalue weighted by atomic mass is 15.2. The molecule has 0 radical (unpaired) electrons. The van der Waals surface area contributed by atoms with Gasteiger partial charge in [-0.05, 0) is 41.5 Å². The summed E-state index contributed by atoms with van der Waals surface area (Å²) in [4.78, 5) is 15.6. The number of para-hydroxylation sites is 1. The van der Waals surface area contributed by atoms with Gasteiger partial charge in [-0.25, -0.2) is 15.0 Å². The van der Waals surface area contributed by atoms with E-state index in [0.717, 1.165) is 72.1 Å². The van der Waals surface area contributed by atoms with Crippen molar-refractivity contribution in [2.75, 3.05) is 0 Å². The molecule has 5 heteroatoms. The number of benzene rings is 5. The van der Waals surface area contributed by atoms with Crippen LogP contribution in [-0.4, -0.2) is 23.9 Å². The van der Waals surface area contributed by atoms with E-state index < -0.39 is 0 Å². The van der Waals surface area contributed by atoms with E-state index in [1.165, 1.54) is 0 Å². The number of nitrogens with zero attached hydrogens (tertiary/aromatic N) is 5. The van der Waals surface area contributed by atoms with Gasteiger partial charge >= 0.3 is 0 Å². The average molecular weight is 564 g/mol. The van der Waals surface area contributed by atoms with E-state index >= 15 is 0 Å². The highest BCUT2D eigenvalue weighted by Gasteiger charge is 2.25. The predicted molar refractivity (Wildman–Crippen MR) is 179 cm³/mol. The molecule has 0 fully saturated rings. The number of hydrogen-bond donors (Lipinski definition) is 0. The topological polar surface area (TPSA) is 48.0 Å². The minimum atomic E-state index is 0.622. The van der Waals surface area contributed by atoms with Crippen LogP contribution in [-0.2, 0) is 0 Å². The van der Waals surface area contributed by atoms with Gasteiger partial charge in [0.15, 0.2) is 0 Å². The van der Waals surface area contributed by atoms with Crippen LogP contribution in [0.1, 0.15) is 0 Å². The van der Waals surface area contributed by atoms with Crippen LogP contribution in [0.4, 0.5) is 0 Å². The number of rotatable bonds is 4. The van der Waals surface area contributed by atoms with E-state index in [0.29, 0.717) is 5.95 Å². The lowest BCUT2D eigenvalue weighted by Crippen LogP contribution is -2.05. The Labute approximate surface area is 253 Å². The van der Waals surface area contributed by atoms with Gasteiger partial charge in [0.2, 0.25) is 5.95 Å². The van der Waals surface area contributed by atoms with Gasteiger partial charge < -0.3 is 0 Å². The molecule has 4 aromatic heterocycles. The van der Waals surface area contributed by atoms with E-state index in [4.69, 9.17) is 15.0 Å². The third-order valence-electron chi connectivity index (χ3n) is 8.34. The second-order valence-corrected chi connectivity index (χ2v) is 10.9. The second kappa shape index (κ2) is 9.75. The summed E-state index contributed by atoms with van der Waals surface area (Å²) in [5, 5.41) is 2.14. The number of fused-ring (bicyclic) bond motifs is 5. The first-order valence-electron chi connectivity index (χ1n) is 14.7. The molecule has 0 saturated carbocycles. The van der Waals surface area contributed by atoms with Crippen LogP contribution in [0.2, 0.25) is 0 Å². The molecule has 9 aromatic rings. The molecule has 0 aliphatic heterocycles. The SMILES string of the molecule is c1ccc(-c2nc(-n3c(-c4ccccc4)c(-c4ccccc4)c4cc5c(cc43)nc3ccccn35)nc3ccccc23)cc1. The summed E-state index contributed by atoms with van der Waals surface area (Å²) in [7, 11) is 0. The third-order valence-corrected chi connectivity index (χ3v) is 8.34. The molecule has 0 saturated heterocycles. The summed E-state index contributed by atoms with van der Waals surface area (Å²) in [5.41, 5.74) is 11.2. The van der Waals surface area contributed by atoms with Gasteiger partial charge in [-0.2, -0.15) is 0 Å². The summed E-state index contributed by atoms with van der Waals surface area (Å²) in [6, 6.07) is 50.4. The average Bonchev–Trinajstić information content (AvgIpc) is 3.63. The van der Waals surface area contributed by atoms with Gasteiger partial charge in [0.1, 0.15) is 5.65 Å². The number of pyridine rings is 1. The fourth-order valence-electron chi connectivity index (χ4n) is 6.40. The molecule has 0 aliphatic carbocycles. The van der Waals surface area contributed by atoms with E-state index in [1.807, 2.05) is 36.4 Å². The molecule has 5 nitrogen and oxygen atoms in total. The number of aromatic nitrogens is 5. The van der Waals surface area contributed by atoms with Crippen molar-refractivity contribution in [2.45, 2.75) is 0 Å². The lowest BCUT2D eigenvalue weighted by atomic mass is 9.98. The van der Waals surface area contributed by atoms with Gasteiger partial charge in [0.05, 0.1) is 33.5 Å². The van der Waals surface area contributed by atoms with Crippen LogP contribution in [0.15, 0.2) is 152 Å². The molecule has 0 amide bonds. The fraction of sp³-hybridized carbons (Fsp3) is 0. The highest BCUT2D eigenvalue weighted by molar-refractivity contribution is 6.10. The van der Waals surface area contributed by atoms with Gasteiger partial charge in [0, 0.05) is 28.1 Å². The zero-order valence-corrected chi connectivity index (χ0v) is 23.7. The summed E-state index contributed by atoms with van der Waals surface area (Å²) < 4.78 is 4.39. The molecule has 0 atom stereocenters. The van der Waals surface area contributed by atoms with Gasteiger partial charge in [0.25, 0.3) is 0 Å². The van der Waals surface area contributed by atoms with Crippen LogP contribution >= 0.6 is 0 Å². The van der Waals surface area contributed by atoms with Crippen LogP contribution in [0.5, 0.6) is 0 Å². The third kappa shape index (κ3) is 3.76. The van der Waals surface area contributed by atoms with Crippen molar-refractivity contribution in [1.29, 1.82) is 0 Å². The molecular formula is C39H25N5. The normalized spacial score (nSPS) is 11.6. The Kier molecular flexibility index (Phi) is 5.43. The van der Waals surface area contributed by atoms with Crippen molar-refractivity contribution in [3.05, 3.63) is 152 Å². The summed E-state index contributed by atoms with van der Waals surface area (Å²) in [5.74, 6) is 0.622. The molecule has 0 bridgehead atoms. The lowest BCUT2D eigenvalue weighted by molar-refractivity contribution is 0.991. The first-order valence-corrected chi connectivity index (χ1v) is 14.7. The first kappa shape index (κ1) is 24.5. The standard InChI is InChI=1S/C39H25N5/c1-4-14-26(15-5-1)36-30-24-34-32(40-35-22-12-13-23-43(34)35)25-33(30)44(38(36)28-18-8-3-9-19-28)39-41-31-21-11-10-20-29(31)37(42-39)27-16-6-2-7-17-27/h1-25H. The summed E-state index contributed by atoms with van der Waals surface area (Å²) >= 11 is 0. The molecule has 0 unspecified atom stereocenters. The Bertz CT molecular complexity index is 2480. The molecule has 5 aromatic carbocycles. The molecule has 0 N–H and O–H groups in total. The van der Waals surface area contributed by atoms with Crippen molar-refractivity contribution in [3.63, 3.8) is 0 Å². The van der Waals surface area contributed by atoms with Crippen molar-refractivity contribution in [1.82, 2.24) is 23.9 Å². The molecule has 0 aliphatic rings. The second-order valence-electron chi connectivity index (χ2n) is 10.9. The fourth-order valence-corrected chi connectivity index (χ4v) is 6.40. The smallest absolute Gasteiger partial charge is 0.235 e. The molecule has 9 rings (SSSR count). The molecular weight excluding hydrogens is 538 g/mol. The largest absolute Gasteiger partial charge is 0.300 e. The quantitative estimate of drug-likeness (QED) is 0.214. The van der Waals surface area contributed by atoms with Crippen LogP contribution in [0, 0.1) is 0 Å². The molecule has 0 spiro atoms. The maximum atomic E-state index is 5.33. The van der Waals surface area contributed by atoms with E-state index in [1.54, 1.807) is 0 Å². The van der Waals surface area contributed by atoms with Gasteiger partial charge in [-0.15, -0.1) is 0 Å². The highest BCUT2D eigenvalue weighted by Crippen LogP contribution is 2.44. The minimum Gasteiger partial charge on any atom is -0.300 e. The van der Waals surface area contributed by atoms with Crippen molar-refractivity contribution in [3.8, 4) is 39.6 Å². The Balaban J connectivity index is 1.48. The van der Waals surface area contributed by atoms with E-state index in [-0.39, 0.29) is 0 Å². The monoisotopic (exact) mass is 563 g/mol. The Hall–Kier alpha value is -6.07. The van der Waals surface area contributed by atoms with Crippen LogP contribution in [0.25, 0.3) is 78.1 Å². The van der Waals surface area contributed by atoms with E-state index in [2.05, 4.69) is 124 Å². The number of hydrogen-bond acceptors (Lipinski definition) is 3. The molecule has 4 heterocycles. The van der Waals surface area contributed by atoms with Crippen molar-refractivity contribution >= 4 is 38.5 Å². The Morgan fingerprint density at radius 2 is 1.11 bits per heavy atom. The summed E-state index contributed by atoms with van der Waals surface area (Å²) in [6.45, 7) is 0. The van der Waals surface area contributed by atoms with Crippen molar-refractivity contribution < 1.29 is 0 Å². The maximum absolute atomic E-state index is 5.33. The lowest BCUT2D eigenvalue weighted by Gasteiger charge is -2.14. The Morgan fingerprint density at radius 3 is 1.89 bits per heavy atom. The van der Waals surface area contributed by atoms with Crippen molar-refractivity contribution in [2.24, 2.45) is 0 Å². The van der Waals surface area contributed by atoms with Gasteiger partial charge in [-0.3, -0.25) is 8.97 Å². The Morgan fingerprint density at radius 1 is 0.455 bits per heavy atom. The van der Waals surface area contributed by atoms with Crippen LogP contribution < -0.4 is 0 Å². The maximum Gasteiger partial charge on any atom is 0.235 e. The zero-order valence-electron chi connectivity index (χ0n) is 23.7. The van der Waals surface area contributed by atoms with Crippen LogP contribution in [0.3, 0.4) is 0 Å².